The second-order valence-electron chi connectivity index (χ2n) is 13.8. The van der Waals surface area contributed by atoms with E-state index in [1.807, 2.05) is 114 Å². The number of Topliss-reactive ketones (excluding diaryl/α,β-unsaturated/α-hetero) is 2. The van der Waals surface area contributed by atoms with Gasteiger partial charge in [0.15, 0.2) is 0 Å². The summed E-state index contributed by atoms with van der Waals surface area (Å²) in [5, 5.41) is 23.1. The van der Waals surface area contributed by atoms with Crippen LogP contribution in [-0.4, -0.2) is 24.0 Å². The number of carbonyl (C=O) groups is 3. The van der Waals surface area contributed by atoms with Crippen LogP contribution in [0.3, 0.4) is 0 Å². The first-order valence-corrected chi connectivity index (χ1v) is 17.6. The Morgan fingerprint density at radius 1 is 0.471 bits per heavy atom. The van der Waals surface area contributed by atoms with Crippen molar-refractivity contribution in [2.75, 3.05) is 17.2 Å². The molecule has 4 aromatic carbocycles. The Morgan fingerprint density at radius 2 is 0.804 bits per heavy atom. The van der Waals surface area contributed by atoms with Gasteiger partial charge in [0.1, 0.15) is 11.6 Å². The fourth-order valence-electron chi connectivity index (χ4n) is 4.27. The van der Waals surface area contributed by atoms with Crippen LogP contribution in [0, 0.1) is 23.7 Å². The minimum Gasteiger partial charge on any atom is -0.385 e. The summed E-state index contributed by atoms with van der Waals surface area (Å²) < 4.78 is 0. The topological polar surface area (TPSA) is 125 Å². The zero-order valence-electron chi connectivity index (χ0n) is 31.2. The third-order valence-electron chi connectivity index (χ3n) is 7.72. The third-order valence-corrected chi connectivity index (χ3v) is 7.72. The summed E-state index contributed by atoms with van der Waals surface area (Å²) in [6.45, 7) is 16.7. The van der Waals surface area contributed by atoms with E-state index in [0.29, 0.717) is 24.4 Å². The van der Waals surface area contributed by atoms with Crippen molar-refractivity contribution in [2.24, 2.45) is 44.1 Å². The number of hydrogen-bond donors (Lipinski definition) is 2. The molecule has 0 spiro atoms. The molecule has 0 unspecified atom stereocenters. The van der Waals surface area contributed by atoms with Crippen LogP contribution in [0.4, 0.5) is 34.1 Å². The molecule has 9 heteroatoms. The number of amides is 1. The maximum Gasteiger partial charge on any atom is 0.226 e. The molecule has 0 aliphatic heterocycles. The highest BCUT2D eigenvalue weighted by atomic mass is 16.2. The molecule has 51 heavy (non-hydrogen) atoms. The lowest BCUT2D eigenvalue weighted by Crippen LogP contribution is -2.17. The zero-order chi connectivity index (χ0) is 37.3. The summed E-state index contributed by atoms with van der Waals surface area (Å²) in [4.78, 5) is 35.2. The molecule has 4 aromatic rings. The van der Waals surface area contributed by atoms with Crippen molar-refractivity contribution in [1.29, 1.82) is 0 Å². The number of nitrogens with one attached hydrogen (secondary N) is 2. The summed E-state index contributed by atoms with van der Waals surface area (Å²) in [7, 11) is 0. The summed E-state index contributed by atoms with van der Waals surface area (Å²) >= 11 is 0. The predicted molar refractivity (Wildman–Crippen MR) is 208 cm³/mol. The van der Waals surface area contributed by atoms with E-state index in [2.05, 4.69) is 44.9 Å². The number of nitrogens with zero attached hydrogens (tertiary/aromatic N) is 4. The molecule has 0 aliphatic carbocycles. The number of benzene rings is 4. The Hall–Kier alpha value is -5.31. The summed E-state index contributed by atoms with van der Waals surface area (Å²) in [5.41, 5.74) is 6.84. The van der Waals surface area contributed by atoms with Crippen molar-refractivity contribution < 1.29 is 14.4 Å². The number of ketones is 2. The maximum absolute atomic E-state index is 11.8. The Morgan fingerprint density at radius 3 is 1.12 bits per heavy atom. The van der Waals surface area contributed by atoms with Crippen molar-refractivity contribution in [3.63, 3.8) is 0 Å². The first-order valence-electron chi connectivity index (χ1n) is 17.6. The molecule has 1 amide bonds. The standard InChI is InChI=1S/C21H25N3O2.C21H27N3O/c1-14(2)20(25)13-16-5-7-18(8-6-16)23-24-19-11-9-17(10-12-19)22-21(26)15(3)4;1-15(2)14-22-18-9-11-20(12-10-18)24-23-19-7-5-17(6-8-19)13-21(25)16(3)4/h5-12,14-15H,13H2,1-4H3,(H,22,26);5-12,15-16,22H,13-14H2,1-4H3. The highest BCUT2D eigenvalue weighted by molar-refractivity contribution is 5.92. The van der Waals surface area contributed by atoms with Crippen LogP contribution in [0.5, 0.6) is 0 Å². The van der Waals surface area contributed by atoms with Gasteiger partial charge in [0.05, 0.1) is 22.7 Å². The second-order valence-corrected chi connectivity index (χ2v) is 13.8. The first kappa shape index (κ1) is 40.1. The molecule has 4 rings (SSSR count). The predicted octanol–water partition coefficient (Wildman–Crippen LogP) is 11.4. The molecular weight excluding hydrogens is 637 g/mol. The first-order chi connectivity index (χ1) is 24.3. The largest absolute Gasteiger partial charge is 0.385 e. The SMILES string of the molecule is CC(C)C(=O)Cc1ccc(N=Nc2ccc(NC(=O)C(C)C)cc2)cc1.CC(C)CNc1ccc(N=Nc2ccc(CC(=O)C(C)C)cc2)cc1. The van der Waals surface area contributed by atoms with Gasteiger partial charge in [-0.15, -0.1) is 0 Å². The molecule has 0 saturated heterocycles. The summed E-state index contributed by atoms with van der Waals surface area (Å²) in [5.74, 6) is 1.12. The normalized spacial score (nSPS) is 11.4. The number of anilines is 2. The highest BCUT2D eigenvalue weighted by Crippen LogP contribution is 2.23. The average molecular weight is 689 g/mol. The van der Waals surface area contributed by atoms with Crippen molar-refractivity contribution in [3.8, 4) is 0 Å². The molecule has 0 bridgehead atoms. The Balaban J connectivity index is 0.000000276. The minimum absolute atomic E-state index is 0.0181. The molecule has 0 aliphatic rings. The lowest BCUT2D eigenvalue weighted by molar-refractivity contribution is -0.122. The molecule has 0 fully saturated rings. The van der Waals surface area contributed by atoms with Crippen LogP contribution < -0.4 is 10.6 Å². The fourth-order valence-corrected chi connectivity index (χ4v) is 4.27. The smallest absolute Gasteiger partial charge is 0.226 e. The van der Waals surface area contributed by atoms with Crippen LogP contribution in [0.2, 0.25) is 0 Å². The molecule has 0 atom stereocenters. The quantitative estimate of drug-likeness (QED) is 0.121. The van der Waals surface area contributed by atoms with Gasteiger partial charge in [0.2, 0.25) is 5.91 Å². The van der Waals surface area contributed by atoms with Crippen molar-refractivity contribution in [1.82, 2.24) is 0 Å². The van der Waals surface area contributed by atoms with E-state index in [9.17, 15) is 14.4 Å². The van der Waals surface area contributed by atoms with Crippen molar-refractivity contribution >= 4 is 51.6 Å². The van der Waals surface area contributed by atoms with E-state index in [1.54, 1.807) is 24.3 Å². The summed E-state index contributed by atoms with van der Waals surface area (Å²) in [6.07, 6.45) is 0.915. The van der Waals surface area contributed by atoms with Gasteiger partial charge in [-0.3, -0.25) is 14.4 Å². The van der Waals surface area contributed by atoms with Crippen LogP contribution in [0.25, 0.3) is 0 Å². The minimum atomic E-state index is -0.0619. The summed E-state index contributed by atoms with van der Waals surface area (Å²) in [6, 6.07) is 30.3. The Bertz CT molecular complexity index is 1670. The maximum atomic E-state index is 11.8. The van der Waals surface area contributed by atoms with Gasteiger partial charge in [0.25, 0.3) is 0 Å². The van der Waals surface area contributed by atoms with E-state index in [4.69, 9.17) is 0 Å². The van der Waals surface area contributed by atoms with E-state index in [-0.39, 0.29) is 35.2 Å². The Kier molecular flexibility index (Phi) is 16.0. The number of rotatable bonds is 15. The van der Waals surface area contributed by atoms with Gasteiger partial charge in [-0.1, -0.05) is 79.7 Å². The van der Waals surface area contributed by atoms with Gasteiger partial charge in [-0.25, -0.2) is 0 Å². The molecular formula is C42H52N6O3. The zero-order valence-corrected chi connectivity index (χ0v) is 31.2. The van der Waals surface area contributed by atoms with Gasteiger partial charge in [-0.2, -0.15) is 20.5 Å². The molecule has 0 aromatic heterocycles. The molecule has 2 N–H and O–H groups in total. The van der Waals surface area contributed by atoms with Crippen LogP contribution in [-0.2, 0) is 27.2 Å². The second kappa shape index (κ2) is 20.4. The van der Waals surface area contributed by atoms with Gasteiger partial charge < -0.3 is 10.6 Å². The molecule has 0 saturated carbocycles. The average Bonchev–Trinajstić information content (AvgIpc) is 3.11. The van der Waals surface area contributed by atoms with Gasteiger partial charge in [0, 0.05) is 48.5 Å². The van der Waals surface area contributed by atoms with Crippen molar-refractivity contribution in [2.45, 2.75) is 68.2 Å². The highest BCUT2D eigenvalue weighted by Gasteiger charge is 2.09. The van der Waals surface area contributed by atoms with E-state index in [1.165, 1.54) is 0 Å². The molecule has 0 heterocycles. The molecule has 268 valence electrons. The van der Waals surface area contributed by atoms with E-state index in [0.717, 1.165) is 46.1 Å². The van der Waals surface area contributed by atoms with Gasteiger partial charge >= 0.3 is 0 Å². The number of carbonyl (C=O) groups excluding carboxylic acids is 3. The lowest BCUT2D eigenvalue weighted by atomic mass is 10.0. The molecule has 0 radical (unpaired) electrons. The third kappa shape index (κ3) is 15.0. The van der Waals surface area contributed by atoms with Crippen LogP contribution in [0.15, 0.2) is 118 Å². The number of azo groups is 2. The fraction of sp³-hybridized carbons (Fsp3) is 0.357. The van der Waals surface area contributed by atoms with E-state index >= 15 is 0 Å². The number of hydrogen-bond acceptors (Lipinski definition) is 8. The van der Waals surface area contributed by atoms with Crippen molar-refractivity contribution in [3.05, 3.63) is 108 Å². The van der Waals surface area contributed by atoms with Crippen LogP contribution in [0.1, 0.15) is 66.5 Å². The van der Waals surface area contributed by atoms with Crippen LogP contribution >= 0.6 is 0 Å². The van der Waals surface area contributed by atoms with Gasteiger partial charge in [-0.05, 0) is 89.8 Å². The lowest BCUT2D eigenvalue weighted by Gasteiger charge is -2.08. The Labute approximate surface area is 303 Å². The van der Waals surface area contributed by atoms with E-state index < -0.39 is 0 Å². The monoisotopic (exact) mass is 688 g/mol. The molecule has 9 nitrogen and oxygen atoms in total.